The summed E-state index contributed by atoms with van der Waals surface area (Å²) in [4.78, 5) is -0.567. The Morgan fingerprint density at radius 2 is 1.81 bits per heavy atom. The lowest BCUT2D eigenvalue weighted by molar-refractivity contribution is 0.483. The maximum Gasteiger partial charge on any atom is 0.296 e. The normalized spacial score (nSPS) is 12.6. The molecule has 6 nitrogen and oxygen atoms in total. The second-order valence-corrected chi connectivity index (χ2v) is 6.75. The molecule has 0 amide bonds. The van der Waals surface area contributed by atoms with E-state index in [1.54, 1.807) is 0 Å². The zero-order valence-corrected chi connectivity index (χ0v) is 10.0. The lowest BCUT2D eigenvalue weighted by Gasteiger charge is -2.05. The Labute approximate surface area is 93.8 Å². The third kappa shape index (κ3) is 2.52. The van der Waals surface area contributed by atoms with Gasteiger partial charge in [-0.05, 0) is 18.2 Å². The van der Waals surface area contributed by atoms with E-state index in [0.29, 0.717) is 0 Å². The molecule has 0 spiro atoms. The van der Waals surface area contributed by atoms with Crippen LogP contribution in [0.25, 0.3) is 0 Å². The molecule has 1 aromatic carbocycles. The van der Waals surface area contributed by atoms with Crippen molar-refractivity contribution in [2.75, 3.05) is 11.5 Å². The highest BCUT2D eigenvalue weighted by molar-refractivity contribution is 7.91. The van der Waals surface area contributed by atoms with Gasteiger partial charge in [0.1, 0.15) is 4.90 Å². The summed E-state index contributed by atoms with van der Waals surface area (Å²) in [6.45, 7) is 1.46. The van der Waals surface area contributed by atoms with Crippen LogP contribution >= 0.6 is 0 Å². The molecule has 0 atom stereocenters. The Kier molecular flexibility index (Phi) is 3.27. The highest BCUT2D eigenvalue weighted by Gasteiger charge is 2.18. The Bertz CT molecular complexity index is 603. The molecule has 0 heterocycles. The molecular formula is C8H11NO5S2. The molecule has 8 heteroatoms. The van der Waals surface area contributed by atoms with Gasteiger partial charge in [0.15, 0.2) is 9.84 Å². The zero-order chi connectivity index (χ0) is 12.6. The van der Waals surface area contributed by atoms with Crippen LogP contribution in [-0.2, 0) is 20.0 Å². The van der Waals surface area contributed by atoms with Gasteiger partial charge in [-0.3, -0.25) is 4.55 Å². The van der Waals surface area contributed by atoms with E-state index >= 15 is 0 Å². The molecule has 0 aliphatic heterocycles. The summed E-state index contributed by atoms with van der Waals surface area (Å²) >= 11 is 0. The standard InChI is InChI=1S/C8H11NO5S2/c1-2-15(10,11)6-3-4-8(7(9)5-6)16(12,13)14/h3-5H,2,9H2,1H3,(H,12,13,14). The first-order chi connectivity index (χ1) is 7.18. The molecule has 0 radical (unpaired) electrons. The molecular weight excluding hydrogens is 254 g/mol. The summed E-state index contributed by atoms with van der Waals surface area (Å²) < 4.78 is 53.3. The Morgan fingerprint density at radius 1 is 1.25 bits per heavy atom. The molecule has 0 aliphatic carbocycles. The molecule has 1 rings (SSSR count). The van der Waals surface area contributed by atoms with Gasteiger partial charge in [0.25, 0.3) is 10.1 Å². The second-order valence-electron chi connectivity index (χ2n) is 3.08. The second kappa shape index (κ2) is 4.04. The van der Waals surface area contributed by atoms with Gasteiger partial charge in [-0.15, -0.1) is 0 Å². The summed E-state index contributed by atoms with van der Waals surface area (Å²) in [7, 11) is -7.86. The van der Waals surface area contributed by atoms with Crippen LogP contribution in [0.3, 0.4) is 0 Å². The molecule has 0 saturated carbocycles. The molecule has 3 N–H and O–H groups in total. The number of nitrogen functional groups attached to an aromatic ring is 1. The number of nitrogens with two attached hydrogens (primary N) is 1. The molecule has 1 aromatic rings. The number of rotatable bonds is 3. The van der Waals surface area contributed by atoms with E-state index in [2.05, 4.69) is 0 Å². The highest BCUT2D eigenvalue weighted by Crippen LogP contribution is 2.22. The SMILES string of the molecule is CCS(=O)(=O)c1ccc(S(=O)(=O)O)c(N)c1. The van der Waals surface area contributed by atoms with Crippen molar-refractivity contribution in [1.29, 1.82) is 0 Å². The molecule has 0 aromatic heterocycles. The predicted octanol–water partition coefficient (Wildman–Crippen LogP) is 0.309. The fraction of sp³-hybridized carbons (Fsp3) is 0.250. The van der Waals surface area contributed by atoms with Gasteiger partial charge >= 0.3 is 0 Å². The van der Waals surface area contributed by atoms with Crippen LogP contribution in [-0.4, -0.2) is 27.1 Å². The van der Waals surface area contributed by atoms with Crippen molar-refractivity contribution in [3.63, 3.8) is 0 Å². The molecule has 0 aliphatic rings. The van der Waals surface area contributed by atoms with Crippen LogP contribution in [0.15, 0.2) is 28.0 Å². The molecule has 0 fully saturated rings. The first kappa shape index (κ1) is 12.9. The highest BCUT2D eigenvalue weighted by atomic mass is 32.2. The zero-order valence-electron chi connectivity index (χ0n) is 8.41. The monoisotopic (exact) mass is 265 g/mol. The topological polar surface area (TPSA) is 115 Å². The van der Waals surface area contributed by atoms with Crippen LogP contribution < -0.4 is 5.73 Å². The summed E-state index contributed by atoms with van der Waals surface area (Å²) in [5, 5.41) is 0. The van der Waals surface area contributed by atoms with Crippen LogP contribution in [0.1, 0.15) is 6.92 Å². The van der Waals surface area contributed by atoms with Crippen LogP contribution in [0.4, 0.5) is 5.69 Å². The van der Waals surface area contributed by atoms with Gasteiger partial charge in [0, 0.05) is 0 Å². The van der Waals surface area contributed by atoms with Crippen molar-refractivity contribution in [3.8, 4) is 0 Å². The Balaban J connectivity index is 3.42. The molecule has 16 heavy (non-hydrogen) atoms. The van der Waals surface area contributed by atoms with Crippen molar-refractivity contribution in [2.24, 2.45) is 0 Å². The summed E-state index contributed by atoms with van der Waals surface area (Å²) in [5.41, 5.74) is 5.06. The summed E-state index contributed by atoms with van der Waals surface area (Å²) in [6.07, 6.45) is 0. The molecule has 0 unspecified atom stereocenters. The van der Waals surface area contributed by atoms with E-state index in [1.165, 1.54) is 6.92 Å². The third-order valence-electron chi connectivity index (χ3n) is 2.00. The fourth-order valence-electron chi connectivity index (χ4n) is 1.12. The lowest BCUT2D eigenvalue weighted by Crippen LogP contribution is -2.07. The number of hydrogen-bond donors (Lipinski definition) is 2. The van der Waals surface area contributed by atoms with Gasteiger partial charge in [0.05, 0.1) is 16.3 Å². The van der Waals surface area contributed by atoms with Gasteiger partial charge in [-0.2, -0.15) is 8.42 Å². The minimum atomic E-state index is -4.42. The van der Waals surface area contributed by atoms with E-state index in [-0.39, 0.29) is 16.3 Å². The van der Waals surface area contributed by atoms with E-state index in [1.807, 2.05) is 0 Å². The van der Waals surface area contributed by atoms with E-state index in [9.17, 15) is 16.8 Å². The number of benzene rings is 1. The Hall–Kier alpha value is -1.12. The molecule has 90 valence electrons. The third-order valence-corrected chi connectivity index (χ3v) is 4.66. The van der Waals surface area contributed by atoms with Crippen LogP contribution in [0, 0.1) is 0 Å². The predicted molar refractivity (Wildman–Crippen MR) is 58.4 cm³/mol. The van der Waals surface area contributed by atoms with Gasteiger partial charge in [-0.25, -0.2) is 8.42 Å². The van der Waals surface area contributed by atoms with Crippen LogP contribution in [0.5, 0.6) is 0 Å². The van der Waals surface area contributed by atoms with Crippen molar-refractivity contribution in [3.05, 3.63) is 18.2 Å². The minimum Gasteiger partial charge on any atom is -0.398 e. The lowest BCUT2D eigenvalue weighted by atomic mass is 10.3. The number of anilines is 1. The maximum absolute atomic E-state index is 11.4. The van der Waals surface area contributed by atoms with E-state index in [4.69, 9.17) is 10.3 Å². The average molecular weight is 265 g/mol. The van der Waals surface area contributed by atoms with Gasteiger partial charge in [0.2, 0.25) is 0 Å². The largest absolute Gasteiger partial charge is 0.398 e. The summed E-state index contributed by atoms with van der Waals surface area (Å²) in [6, 6.07) is 3.08. The fourth-order valence-corrected chi connectivity index (χ4v) is 2.63. The summed E-state index contributed by atoms with van der Waals surface area (Å²) in [5.74, 6) is -0.113. The minimum absolute atomic E-state index is 0.0695. The smallest absolute Gasteiger partial charge is 0.296 e. The van der Waals surface area contributed by atoms with Gasteiger partial charge < -0.3 is 5.73 Å². The first-order valence-corrected chi connectivity index (χ1v) is 7.37. The van der Waals surface area contributed by atoms with Crippen molar-refractivity contribution in [2.45, 2.75) is 16.7 Å². The van der Waals surface area contributed by atoms with Gasteiger partial charge in [-0.1, -0.05) is 6.92 Å². The number of sulfone groups is 1. The van der Waals surface area contributed by atoms with Crippen molar-refractivity contribution < 1.29 is 21.4 Å². The van der Waals surface area contributed by atoms with E-state index in [0.717, 1.165) is 18.2 Å². The van der Waals surface area contributed by atoms with Crippen molar-refractivity contribution >= 4 is 25.6 Å². The van der Waals surface area contributed by atoms with Crippen molar-refractivity contribution in [1.82, 2.24) is 0 Å². The van der Waals surface area contributed by atoms with Crippen LogP contribution in [0.2, 0.25) is 0 Å². The average Bonchev–Trinajstić information content (AvgIpc) is 2.15. The maximum atomic E-state index is 11.4. The Morgan fingerprint density at radius 3 is 2.19 bits per heavy atom. The number of hydrogen-bond acceptors (Lipinski definition) is 5. The van der Waals surface area contributed by atoms with E-state index < -0.39 is 24.9 Å². The molecule has 0 bridgehead atoms. The quantitative estimate of drug-likeness (QED) is 0.600. The first-order valence-electron chi connectivity index (χ1n) is 4.28. The molecule has 0 saturated heterocycles.